The maximum atomic E-state index is 11.1. The molecule has 5 nitrogen and oxygen atoms in total. The van der Waals surface area contributed by atoms with Crippen LogP contribution in [0, 0.1) is 0 Å². The van der Waals surface area contributed by atoms with Gasteiger partial charge < -0.3 is 15.7 Å². The Morgan fingerprint density at radius 1 is 1.58 bits per heavy atom. The van der Waals surface area contributed by atoms with E-state index in [0.717, 1.165) is 4.90 Å². The maximum absolute atomic E-state index is 11.1. The van der Waals surface area contributed by atoms with Gasteiger partial charge >= 0.3 is 5.97 Å². The molecule has 0 aromatic rings. The standard InChI is InChI=1S/C7H14N2O3/c1-5(8)3-6(10)9(2)4-7(11)12/h5H,3-4,8H2,1-2H3,(H,11,12). The zero-order chi connectivity index (χ0) is 9.72. The second-order valence-electron chi connectivity index (χ2n) is 2.82. The number of hydrogen-bond acceptors (Lipinski definition) is 3. The van der Waals surface area contributed by atoms with Crippen molar-refractivity contribution in [2.75, 3.05) is 13.6 Å². The monoisotopic (exact) mass is 174 g/mol. The van der Waals surface area contributed by atoms with Crippen LogP contribution < -0.4 is 5.73 Å². The minimum absolute atomic E-state index is 0.184. The number of hydrogen-bond donors (Lipinski definition) is 2. The average Bonchev–Trinajstić information content (AvgIpc) is 1.84. The summed E-state index contributed by atoms with van der Waals surface area (Å²) < 4.78 is 0. The lowest BCUT2D eigenvalue weighted by Gasteiger charge is -2.15. The fourth-order valence-electron chi connectivity index (χ4n) is 0.722. The van der Waals surface area contributed by atoms with Gasteiger partial charge in [-0.15, -0.1) is 0 Å². The van der Waals surface area contributed by atoms with Gasteiger partial charge in [-0.1, -0.05) is 0 Å². The van der Waals surface area contributed by atoms with Gasteiger partial charge in [-0.05, 0) is 6.92 Å². The fraction of sp³-hybridized carbons (Fsp3) is 0.714. The summed E-state index contributed by atoms with van der Waals surface area (Å²) >= 11 is 0. The molecule has 1 amide bonds. The summed E-state index contributed by atoms with van der Waals surface area (Å²) in [7, 11) is 1.44. The van der Waals surface area contributed by atoms with Crippen molar-refractivity contribution in [3.8, 4) is 0 Å². The van der Waals surface area contributed by atoms with Gasteiger partial charge in [0, 0.05) is 19.5 Å². The Bertz CT molecular complexity index is 179. The number of carbonyl (C=O) groups excluding carboxylic acids is 1. The first-order chi connectivity index (χ1) is 5.43. The molecule has 5 heteroatoms. The third kappa shape index (κ3) is 4.68. The molecule has 0 aliphatic carbocycles. The molecule has 3 N–H and O–H groups in total. The number of carboxylic acids is 1. The Morgan fingerprint density at radius 2 is 2.08 bits per heavy atom. The first kappa shape index (κ1) is 10.9. The minimum Gasteiger partial charge on any atom is -0.480 e. The van der Waals surface area contributed by atoms with Gasteiger partial charge in [-0.2, -0.15) is 0 Å². The van der Waals surface area contributed by atoms with E-state index in [1.165, 1.54) is 7.05 Å². The molecule has 12 heavy (non-hydrogen) atoms. The molecule has 0 saturated carbocycles. The summed E-state index contributed by atoms with van der Waals surface area (Å²) in [4.78, 5) is 22.4. The van der Waals surface area contributed by atoms with Gasteiger partial charge in [-0.25, -0.2) is 0 Å². The number of aliphatic carboxylic acids is 1. The van der Waals surface area contributed by atoms with Crippen LogP contribution in [0.4, 0.5) is 0 Å². The van der Waals surface area contributed by atoms with Crippen LogP contribution in [0.3, 0.4) is 0 Å². The Balaban J connectivity index is 3.85. The highest BCUT2D eigenvalue weighted by Crippen LogP contribution is 1.93. The van der Waals surface area contributed by atoms with Crippen molar-refractivity contribution in [2.45, 2.75) is 19.4 Å². The van der Waals surface area contributed by atoms with Crippen molar-refractivity contribution in [1.29, 1.82) is 0 Å². The molecule has 0 bridgehead atoms. The molecule has 70 valence electrons. The van der Waals surface area contributed by atoms with Gasteiger partial charge in [0.25, 0.3) is 0 Å². The number of amides is 1. The maximum Gasteiger partial charge on any atom is 0.323 e. The van der Waals surface area contributed by atoms with Crippen molar-refractivity contribution in [3.63, 3.8) is 0 Å². The highest BCUT2D eigenvalue weighted by Gasteiger charge is 2.12. The molecular weight excluding hydrogens is 160 g/mol. The minimum atomic E-state index is -1.02. The molecule has 0 aromatic carbocycles. The van der Waals surface area contributed by atoms with Crippen LogP contribution in [0.1, 0.15) is 13.3 Å². The number of nitrogens with two attached hydrogens (primary N) is 1. The summed E-state index contributed by atoms with van der Waals surface area (Å²) in [5.74, 6) is -1.26. The summed E-state index contributed by atoms with van der Waals surface area (Å²) in [6.07, 6.45) is 0.184. The topological polar surface area (TPSA) is 83.6 Å². The average molecular weight is 174 g/mol. The van der Waals surface area contributed by atoms with E-state index in [1.54, 1.807) is 6.92 Å². The largest absolute Gasteiger partial charge is 0.480 e. The third-order valence-electron chi connectivity index (χ3n) is 1.29. The van der Waals surface area contributed by atoms with Crippen molar-refractivity contribution < 1.29 is 14.7 Å². The van der Waals surface area contributed by atoms with Crippen LogP contribution in [0.2, 0.25) is 0 Å². The first-order valence-electron chi connectivity index (χ1n) is 3.64. The van der Waals surface area contributed by atoms with Gasteiger partial charge in [0.1, 0.15) is 6.54 Å². The summed E-state index contributed by atoms with van der Waals surface area (Å²) in [6.45, 7) is 1.43. The van der Waals surface area contributed by atoms with Crippen LogP contribution >= 0.6 is 0 Å². The van der Waals surface area contributed by atoms with E-state index in [2.05, 4.69) is 0 Å². The third-order valence-corrected chi connectivity index (χ3v) is 1.29. The molecule has 1 atom stereocenters. The molecular formula is C7H14N2O3. The fourth-order valence-corrected chi connectivity index (χ4v) is 0.722. The van der Waals surface area contributed by atoms with Gasteiger partial charge in [0.15, 0.2) is 0 Å². The quantitative estimate of drug-likeness (QED) is 0.588. The summed E-state index contributed by atoms with van der Waals surface area (Å²) in [5.41, 5.74) is 5.37. The van der Waals surface area contributed by atoms with E-state index in [-0.39, 0.29) is 24.9 Å². The second kappa shape index (κ2) is 4.71. The van der Waals surface area contributed by atoms with Crippen LogP contribution in [-0.4, -0.2) is 41.5 Å². The van der Waals surface area contributed by atoms with Crippen molar-refractivity contribution >= 4 is 11.9 Å². The molecule has 0 saturated heterocycles. The smallest absolute Gasteiger partial charge is 0.323 e. The Morgan fingerprint density at radius 3 is 2.42 bits per heavy atom. The van der Waals surface area contributed by atoms with Crippen LogP contribution in [0.5, 0.6) is 0 Å². The van der Waals surface area contributed by atoms with Crippen molar-refractivity contribution in [1.82, 2.24) is 4.90 Å². The lowest BCUT2D eigenvalue weighted by molar-refractivity contribution is -0.143. The number of carbonyl (C=O) groups is 2. The molecule has 0 aliphatic heterocycles. The SMILES string of the molecule is CC(N)CC(=O)N(C)CC(=O)O. The summed E-state index contributed by atoms with van der Waals surface area (Å²) in [5, 5.41) is 8.34. The van der Waals surface area contributed by atoms with E-state index in [4.69, 9.17) is 10.8 Å². The molecule has 0 radical (unpaired) electrons. The number of carboxylic acid groups (broad SMARTS) is 1. The molecule has 0 fully saturated rings. The van der Waals surface area contributed by atoms with Crippen LogP contribution in [-0.2, 0) is 9.59 Å². The Kier molecular flexibility index (Phi) is 4.28. The van der Waals surface area contributed by atoms with Gasteiger partial charge in [0.05, 0.1) is 0 Å². The highest BCUT2D eigenvalue weighted by atomic mass is 16.4. The van der Waals surface area contributed by atoms with Gasteiger partial charge in [0.2, 0.25) is 5.91 Å². The van der Waals surface area contributed by atoms with E-state index in [9.17, 15) is 9.59 Å². The Hall–Kier alpha value is -1.10. The predicted octanol–water partition coefficient (Wildman–Crippen LogP) is -0.733. The lowest BCUT2D eigenvalue weighted by Crippen LogP contribution is -2.35. The van der Waals surface area contributed by atoms with E-state index < -0.39 is 5.97 Å². The molecule has 1 unspecified atom stereocenters. The zero-order valence-electron chi connectivity index (χ0n) is 7.28. The first-order valence-corrected chi connectivity index (χ1v) is 3.64. The predicted molar refractivity (Wildman–Crippen MR) is 43.5 cm³/mol. The molecule has 0 aromatic heterocycles. The number of rotatable bonds is 4. The van der Waals surface area contributed by atoms with Crippen molar-refractivity contribution in [3.05, 3.63) is 0 Å². The Labute approximate surface area is 71.1 Å². The van der Waals surface area contributed by atoms with Crippen LogP contribution in [0.15, 0.2) is 0 Å². The number of likely N-dealkylation sites (N-methyl/N-ethyl adjacent to an activating group) is 1. The molecule has 0 heterocycles. The molecule has 0 rings (SSSR count). The van der Waals surface area contributed by atoms with Gasteiger partial charge in [-0.3, -0.25) is 9.59 Å². The van der Waals surface area contributed by atoms with E-state index in [1.807, 2.05) is 0 Å². The number of nitrogens with zero attached hydrogens (tertiary/aromatic N) is 1. The van der Waals surface area contributed by atoms with E-state index >= 15 is 0 Å². The highest BCUT2D eigenvalue weighted by molar-refractivity contribution is 5.81. The molecule has 0 spiro atoms. The van der Waals surface area contributed by atoms with Crippen LogP contribution in [0.25, 0.3) is 0 Å². The lowest BCUT2D eigenvalue weighted by atomic mass is 10.2. The van der Waals surface area contributed by atoms with E-state index in [0.29, 0.717) is 0 Å². The zero-order valence-corrected chi connectivity index (χ0v) is 7.28. The molecule has 0 aliphatic rings. The second-order valence-corrected chi connectivity index (χ2v) is 2.82. The summed E-state index contributed by atoms with van der Waals surface area (Å²) in [6, 6.07) is -0.228. The van der Waals surface area contributed by atoms with Crippen molar-refractivity contribution in [2.24, 2.45) is 5.73 Å². The normalized spacial score (nSPS) is 12.2.